The molecule has 0 bridgehead atoms. The van der Waals surface area contributed by atoms with E-state index in [1.165, 1.54) is 0 Å². The average Bonchev–Trinajstić information content (AvgIpc) is 2.48. The third-order valence-electron chi connectivity index (χ3n) is 4.12. The fourth-order valence-electron chi connectivity index (χ4n) is 2.94. The van der Waals surface area contributed by atoms with Gasteiger partial charge in [-0.3, -0.25) is 14.7 Å². The lowest BCUT2D eigenvalue weighted by atomic mass is 9.92. The molecule has 1 aliphatic rings. The highest BCUT2D eigenvalue weighted by Gasteiger charge is 2.32. The maximum Gasteiger partial charge on any atom is 0.221 e. The largest absolute Gasteiger partial charge is 0.369 e. The van der Waals surface area contributed by atoms with Crippen LogP contribution in [-0.2, 0) is 4.79 Å². The molecular weight excluding hydrogens is 252 g/mol. The van der Waals surface area contributed by atoms with Gasteiger partial charge in [0.15, 0.2) is 0 Å². The molecule has 1 amide bonds. The predicted octanol–water partition coefficient (Wildman–Crippen LogP) is 1.06. The average molecular weight is 276 g/mol. The van der Waals surface area contributed by atoms with Gasteiger partial charge in [0.05, 0.1) is 17.7 Å². The van der Waals surface area contributed by atoms with Crippen molar-refractivity contribution >= 4 is 5.91 Å². The molecule has 3 unspecified atom stereocenters. The van der Waals surface area contributed by atoms with Crippen LogP contribution in [0.25, 0.3) is 0 Å². The Morgan fingerprint density at radius 2 is 2.35 bits per heavy atom. The van der Waals surface area contributed by atoms with Crippen LogP contribution in [-0.4, -0.2) is 34.9 Å². The van der Waals surface area contributed by atoms with Crippen molar-refractivity contribution in [3.8, 4) is 0 Å². The number of primary amides is 1. The third-order valence-corrected chi connectivity index (χ3v) is 4.12. The highest BCUT2D eigenvalue weighted by Crippen LogP contribution is 2.28. The molecule has 1 saturated heterocycles. The SMILES string of the molecule is CCC(N)C(c1ccccn1)N1CCCC(C(N)=O)C1. The van der Waals surface area contributed by atoms with Crippen LogP contribution in [0.15, 0.2) is 24.4 Å². The number of nitrogens with two attached hydrogens (primary N) is 2. The summed E-state index contributed by atoms with van der Waals surface area (Å²) in [6, 6.07) is 5.96. The van der Waals surface area contributed by atoms with Gasteiger partial charge in [0.2, 0.25) is 5.91 Å². The van der Waals surface area contributed by atoms with Crippen LogP contribution in [0.1, 0.15) is 37.9 Å². The molecule has 5 heteroatoms. The molecule has 0 radical (unpaired) electrons. The number of likely N-dealkylation sites (tertiary alicyclic amines) is 1. The van der Waals surface area contributed by atoms with Crippen molar-refractivity contribution in [2.45, 2.75) is 38.3 Å². The fourth-order valence-corrected chi connectivity index (χ4v) is 2.94. The lowest BCUT2D eigenvalue weighted by Crippen LogP contribution is -2.48. The zero-order valence-electron chi connectivity index (χ0n) is 12.0. The molecule has 1 fully saturated rings. The standard InChI is InChI=1S/C15H24N4O/c1-2-12(16)14(13-7-3-4-8-18-13)19-9-5-6-11(10-19)15(17)20/h3-4,7-8,11-12,14H,2,5-6,9-10,16H2,1H3,(H2,17,20). The number of hydrogen-bond donors (Lipinski definition) is 2. The zero-order chi connectivity index (χ0) is 14.5. The van der Waals surface area contributed by atoms with Crippen molar-refractivity contribution in [3.63, 3.8) is 0 Å². The first-order chi connectivity index (χ1) is 9.63. The molecule has 0 saturated carbocycles. The van der Waals surface area contributed by atoms with E-state index >= 15 is 0 Å². The van der Waals surface area contributed by atoms with Gasteiger partial charge in [-0.2, -0.15) is 0 Å². The maximum absolute atomic E-state index is 11.4. The minimum Gasteiger partial charge on any atom is -0.369 e. The summed E-state index contributed by atoms with van der Waals surface area (Å²) in [6.07, 6.45) is 4.52. The Balaban J connectivity index is 2.21. The van der Waals surface area contributed by atoms with Gasteiger partial charge < -0.3 is 11.5 Å². The number of piperidine rings is 1. The van der Waals surface area contributed by atoms with E-state index in [0.717, 1.165) is 31.5 Å². The van der Waals surface area contributed by atoms with E-state index in [1.54, 1.807) is 6.20 Å². The number of amides is 1. The van der Waals surface area contributed by atoms with Crippen LogP contribution >= 0.6 is 0 Å². The highest BCUT2D eigenvalue weighted by atomic mass is 16.1. The van der Waals surface area contributed by atoms with E-state index in [9.17, 15) is 4.79 Å². The third kappa shape index (κ3) is 3.35. The Labute approximate surface area is 120 Å². The first kappa shape index (κ1) is 14.9. The Morgan fingerprint density at radius 3 is 2.95 bits per heavy atom. The molecule has 2 rings (SSSR count). The first-order valence-corrected chi connectivity index (χ1v) is 7.33. The lowest BCUT2D eigenvalue weighted by molar-refractivity contribution is -0.123. The van der Waals surface area contributed by atoms with Crippen molar-refractivity contribution < 1.29 is 4.79 Å². The summed E-state index contributed by atoms with van der Waals surface area (Å²) >= 11 is 0. The molecule has 4 N–H and O–H groups in total. The summed E-state index contributed by atoms with van der Waals surface area (Å²) in [5.74, 6) is -0.279. The van der Waals surface area contributed by atoms with Crippen LogP contribution in [0, 0.1) is 5.92 Å². The Hall–Kier alpha value is -1.46. The Kier molecular flexibility index (Phi) is 5.09. The zero-order valence-corrected chi connectivity index (χ0v) is 12.0. The van der Waals surface area contributed by atoms with Crippen molar-refractivity contribution in [3.05, 3.63) is 30.1 Å². The predicted molar refractivity (Wildman–Crippen MR) is 78.7 cm³/mol. The van der Waals surface area contributed by atoms with Gasteiger partial charge in [-0.15, -0.1) is 0 Å². The normalized spacial score (nSPS) is 23.2. The van der Waals surface area contributed by atoms with Gasteiger partial charge in [-0.05, 0) is 37.9 Å². The minimum atomic E-state index is -0.209. The maximum atomic E-state index is 11.4. The molecule has 0 spiro atoms. The van der Waals surface area contributed by atoms with Crippen LogP contribution < -0.4 is 11.5 Å². The van der Waals surface area contributed by atoms with Gasteiger partial charge in [0, 0.05) is 18.8 Å². The molecule has 110 valence electrons. The lowest BCUT2D eigenvalue weighted by Gasteiger charge is -2.39. The Morgan fingerprint density at radius 1 is 1.55 bits per heavy atom. The van der Waals surface area contributed by atoms with E-state index < -0.39 is 0 Å². The number of pyridine rings is 1. The van der Waals surface area contributed by atoms with Gasteiger partial charge in [-0.1, -0.05) is 13.0 Å². The molecule has 0 aromatic carbocycles. The Bertz CT molecular complexity index is 437. The highest BCUT2D eigenvalue weighted by molar-refractivity contribution is 5.76. The summed E-state index contributed by atoms with van der Waals surface area (Å²) in [7, 11) is 0. The number of carbonyl (C=O) groups excluding carboxylic acids is 1. The molecule has 20 heavy (non-hydrogen) atoms. The summed E-state index contributed by atoms with van der Waals surface area (Å²) in [4.78, 5) is 18.2. The number of rotatable bonds is 5. The fraction of sp³-hybridized carbons (Fsp3) is 0.600. The molecule has 0 aliphatic carbocycles. The molecule has 1 aromatic heterocycles. The molecular formula is C15H24N4O. The molecule has 5 nitrogen and oxygen atoms in total. The summed E-state index contributed by atoms with van der Waals surface area (Å²) in [5, 5.41) is 0. The molecule has 2 heterocycles. The first-order valence-electron chi connectivity index (χ1n) is 7.33. The van der Waals surface area contributed by atoms with Crippen LogP contribution in [0.4, 0.5) is 0 Å². The van der Waals surface area contributed by atoms with Crippen molar-refractivity contribution in [2.75, 3.05) is 13.1 Å². The summed E-state index contributed by atoms with van der Waals surface area (Å²) in [6.45, 7) is 3.71. The molecule has 1 aliphatic heterocycles. The second-order valence-electron chi connectivity index (χ2n) is 5.51. The van der Waals surface area contributed by atoms with Gasteiger partial charge >= 0.3 is 0 Å². The molecule has 1 aromatic rings. The van der Waals surface area contributed by atoms with E-state index in [1.807, 2.05) is 18.2 Å². The smallest absolute Gasteiger partial charge is 0.221 e. The number of carbonyl (C=O) groups is 1. The topological polar surface area (TPSA) is 85.2 Å². The quantitative estimate of drug-likeness (QED) is 0.842. The summed E-state index contributed by atoms with van der Waals surface area (Å²) < 4.78 is 0. The van der Waals surface area contributed by atoms with Gasteiger partial charge in [0.25, 0.3) is 0 Å². The van der Waals surface area contributed by atoms with Crippen molar-refractivity contribution in [1.29, 1.82) is 0 Å². The second-order valence-corrected chi connectivity index (χ2v) is 5.51. The van der Waals surface area contributed by atoms with Crippen LogP contribution in [0.2, 0.25) is 0 Å². The monoisotopic (exact) mass is 276 g/mol. The van der Waals surface area contributed by atoms with E-state index in [0.29, 0.717) is 6.54 Å². The van der Waals surface area contributed by atoms with Crippen LogP contribution in [0.5, 0.6) is 0 Å². The van der Waals surface area contributed by atoms with Gasteiger partial charge in [-0.25, -0.2) is 0 Å². The van der Waals surface area contributed by atoms with Crippen molar-refractivity contribution in [1.82, 2.24) is 9.88 Å². The van der Waals surface area contributed by atoms with Gasteiger partial charge in [0.1, 0.15) is 0 Å². The van der Waals surface area contributed by atoms with E-state index in [-0.39, 0.29) is 23.9 Å². The van der Waals surface area contributed by atoms with Crippen molar-refractivity contribution in [2.24, 2.45) is 17.4 Å². The number of aromatic nitrogens is 1. The number of nitrogens with zero attached hydrogens (tertiary/aromatic N) is 2. The second kappa shape index (κ2) is 6.81. The minimum absolute atomic E-state index is 0.0107. The molecule has 3 atom stereocenters. The van der Waals surface area contributed by atoms with E-state index in [2.05, 4.69) is 16.8 Å². The summed E-state index contributed by atoms with van der Waals surface area (Å²) in [5.41, 5.74) is 12.7. The van der Waals surface area contributed by atoms with E-state index in [4.69, 9.17) is 11.5 Å². The van der Waals surface area contributed by atoms with Crippen LogP contribution in [0.3, 0.4) is 0 Å². The number of hydrogen-bond acceptors (Lipinski definition) is 4.